The highest BCUT2D eigenvalue weighted by molar-refractivity contribution is 8.00. The summed E-state index contributed by atoms with van der Waals surface area (Å²) in [7, 11) is 1.27. The number of hydrogen-bond acceptors (Lipinski definition) is 14. The summed E-state index contributed by atoms with van der Waals surface area (Å²) in [4.78, 5) is 71.3. The maximum absolute atomic E-state index is 13.1. The smallest absolute Gasteiger partial charge is 0.457 e. The van der Waals surface area contributed by atoms with E-state index in [0.717, 1.165) is 4.90 Å². The summed E-state index contributed by atoms with van der Waals surface area (Å²) in [5.41, 5.74) is 6.84. The van der Waals surface area contributed by atoms with Crippen molar-refractivity contribution in [1.29, 1.82) is 0 Å². The molecule has 4 heterocycles. The molecule has 1 aromatic heterocycles. The van der Waals surface area contributed by atoms with E-state index in [0.29, 0.717) is 0 Å². The normalized spacial score (nSPS) is 24.9. The van der Waals surface area contributed by atoms with Gasteiger partial charge in [-0.2, -0.15) is 0 Å². The second kappa shape index (κ2) is 11.0. The number of ether oxygens (including phenoxy) is 4. The van der Waals surface area contributed by atoms with Crippen LogP contribution in [0.15, 0.2) is 27.3 Å². The average molecular weight is 556 g/mol. The Hall–Kier alpha value is -3.86. The number of carbonyl (C=O) groups excluding carboxylic acids is 5. The number of oxime groups is 1. The molecule has 3 amide bonds. The third-order valence-corrected chi connectivity index (χ3v) is 7.35. The highest BCUT2D eigenvalue weighted by Gasteiger charge is 2.55. The van der Waals surface area contributed by atoms with Crippen molar-refractivity contribution in [1.82, 2.24) is 15.2 Å². The minimum absolute atomic E-state index is 0.121. The van der Waals surface area contributed by atoms with E-state index in [1.165, 1.54) is 35.7 Å². The molecule has 37 heavy (non-hydrogen) atoms. The van der Waals surface area contributed by atoms with Gasteiger partial charge in [-0.05, 0) is 6.92 Å². The van der Waals surface area contributed by atoms with Gasteiger partial charge in [0.25, 0.3) is 11.8 Å². The summed E-state index contributed by atoms with van der Waals surface area (Å²) in [6.45, 7) is 0.886. The summed E-state index contributed by atoms with van der Waals surface area (Å²) in [6, 6.07) is -0.996. The van der Waals surface area contributed by atoms with Crippen LogP contribution in [0.5, 0.6) is 0 Å². The molecule has 4 rings (SSSR count). The molecule has 0 aromatic carbocycles. The number of carbonyl (C=O) groups is 5. The first kappa shape index (κ1) is 26.2. The van der Waals surface area contributed by atoms with Gasteiger partial charge in [-0.15, -0.1) is 23.1 Å². The molecule has 2 saturated heterocycles. The number of thioether (sulfide) groups is 1. The first-order valence-electron chi connectivity index (χ1n) is 10.6. The second-order valence-electron chi connectivity index (χ2n) is 7.74. The molecule has 17 heteroatoms. The second-order valence-corrected chi connectivity index (χ2v) is 9.57. The molecule has 3 aliphatic heterocycles. The quantitative estimate of drug-likeness (QED) is 0.133. The molecule has 0 bridgehead atoms. The van der Waals surface area contributed by atoms with Crippen LogP contribution in [-0.2, 0) is 38.2 Å². The van der Waals surface area contributed by atoms with Gasteiger partial charge in [0, 0.05) is 16.7 Å². The van der Waals surface area contributed by atoms with E-state index < -0.39 is 53.7 Å². The first-order valence-corrected chi connectivity index (χ1v) is 12.6. The summed E-state index contributed by atoms with van der Waals surface area (Å²) < 4.78 is 19.9. The number of cyclic esters (lactones) is 2. The molecule has 3 N–H and O–H groups in total. The summed E-state index contributed by atoms with van der Waals surface area (Å²) in [6.07, 6.45) is -3.43. The van der Waals surface area contributed by atoms with E-state index in [1.54, 1.807) is 12.3 Å². The lowest BCUT2D eigenvalue weighted by molar-refractivity contribution is -0.153. The van der Waals surface area contributed by atoms with Gasteiger partial charge in [0.05, 0.1) is 5.51 Å². The Labute approximate surface area is 217 Å². The molecule has 2 fully saturated rings. The van der Waals surface area contributed by atoms with Crippen LogP contribution in [0.25, 0.3) is 0 Å². The van der Waals surface area contributed by atoms with Crippen LogP contribution in [-0.4, -0.2) is 95.3 Å². The van der Waals surface area contributed by atoms with Gasteiger partial charge in [-0.1, -0.05) is 5.16 Å². The van der Waals surface area contributed by atoms with E-state index in [-0.39, 0.29) is 41.6 Å². The number of fused-ring (bicyclic) bond motifs is 1. The lowest BCUT2D eigenvalue weighted by Gasteiger charge is -2.49. The molecule has 15 nitrogen and oxygen atoms in total. The van der Waals surface area contributed by atoms with Gasteiger partial charge in [0.15, 0.2) is 11.8 Å². The number of hydrogen-bond donors (Lipinski definition) is 2. The number of nitrogens with one attached hydrogen (secondary N) is 1. The molecule has 3 aliphatic rings. The molecular weight excluding hydrogens is 534 g/mol. The Bertz CT molecular complexity index is 1170. The zero-order valence-electron chi connectivity index (χ0n) is 19.4. The first-order chi connectivity index (χ1) is 17.7. The number of rotatable bonds is 9. The summed E-state index contributed by atoms with van der Waals surface area (Å²) >= 11 is 2.48. The number of nitrogens with two attached hydrogens (primary N) is 1. The molecule has 1 aromatic rings. The number of nitrogens with zero attached hydrogens (tertiary/aromatic N) is 3. The fraction of sp³-hybridized carbons (Fsp3) is 0.450. The lowest BCUT2D eigenvalue weighted by atomic mass is 10.0. The molecule has 0 saturated carbocycles. The average Bonchev–Trinajstić information content (AvgIpc) is 3.51. The third-order valence-electron chi connectivity index (χ3n) is 5.42. The highest BCUT2D eigenvalue weighted by atomic mass is 32.2. The SMILES string of the molecule is CON=C(C(=O)NC1C(=O)N2C(C(=O)OCC3OC(=O)OC3C)=C(COC(N)=O)CS[C@@H]12)c1cscn1. The van der Waals surface area contributed by atoms with Crippen molar-refractivity contribution in [2.24, 2.45) is 10.9 Å². The Morgan fingerprint density at radius 1 is 1.30 bits per heavy atom. The number of aromatic nitrogens is 1. The summed E-state index contributed by atoms with van der Waals surface area (Å²) in [5, 5.41) is 7.23. The molecule has 0 aliphatic carbocycles. The van der Waals surface area contributed by atoms with Crippen molar-refractivity contribution in [3.05, 3.63) is 27.9 Å². The number of β-lactam (4-membered cyclic amide) rings is 1. The van der Waals surface area contributed by atoms with Crippen molar-refractivity contribution in [2.75, 3.05) is 26.1 Å². The minimum atomic E-state index is -1.07. The van der Waals surface area contributed by atoms with Crippen molar-refractivity contribution >= 4 is 58.8 Å². The van der Waals surface area contributed by atoms with Crippen LogP contribution in [0.4, 0.5) is 9.59 Å². The molecule has 0 radical (unpaired) electrons. The van der Waals surface area contributed by atoms with Crippen LogP contribution in [0, 0.1) is 0 Å². The topological polar surface area (TPSA) is 198 Å². The van der Waals surface area contributed by atoms with Crippen LogP contribution >= 0.6 is 23.1 Å². The van der Waals surface area contributed by atoms with Gasteiger partial charge in [-0.25, -0.2) is 19.4 Å². The molecule has 3 unspecified atom stereocenters. The minimum Gasteiger partial charge on any atom is -0.457 e. The summed E-state index contributed by atoms with van der Waals surface area (Å²) in [5.74, 6) is -2.04. The van der Waals surface area contributed by atoms with E-state index in [2.05, 4.69) is 15.5 Å². The standard InChI is InChI=1S/C20H21N5O10S2/c1-8-11(35-20(30)34-8)4-32-18(28)14-9(3-33-19(21)29)5-37-17-13(16(27)25(14)17)23-15(26)12(24-31-2)10-6-36-7-22-10/h6-8,11,13,17H,3-5H2,1-2H3,(H2,21,29)(H,23,26)/t8?,11?,13?,17-/m0/s1. The Kier molecular flexibility index (Phi) is 7.82. The number of amides is 3. The number of thiazole rings is 1. The maximum Gasteiger partial charge on any atom is 0.509 e. The van der Waals surface area contributed by atoms with Gasteiger partial charge in [0.2, 0.25) is 0 Å². The molecule has 4 atom stereocenters. The van der Waals surface area contributed by atoms with Gasteiger partial charge in [0.1, 0.15) is 49.2 Å². The van der Waals surface area contributed by atoms with Crippen LogP contribution < -0.4 is 11.1 Å². The van der Waals surface area contributed by atoms with Crippen molar-refractivity contribution < 1.29 is 47.8 Å². The van der Waals surface area contributed by atoms with E-state index in [1.807, 2.05) is 0 Å². The van der Waals surface area contributed by atoms with E-state index in [4.69, 9.17) is 29.5 Å². The fourth-order valence-electron chi connectivity index (χ4n) is 3.65. The highest BCUT2D eigenvalue weighted by Crippen LogP contribution is 2.41. The predicted octanol–water partition coefficient (Wildman–Crippen LogP) is -0.290. The van der Waals surface area contributed by atoms with Gasteiger partial charge < -0.3 is 34.8 Å². The monoisotopic (exact) mass is 555 g/mol. The number of esters is 1. The zero-order chi connectivity index (χ0) is 26.7. The van der Waals surface area contributed by atoms with Crippen molar-refractivity contribution in [2.45, 2.75) is 30.5 Å². The number of primary amides is 1. The molecular formula is C20H21N5O10S2. The Morgan fingerprint density at radius 2 is 2.08 bits per heavy atom. The van der Waals surface area contributed by atoms with Crippen LogP contribution in [0.1, 0.15) is 12.6 Å². The molecule has 0 spiro atoms. The molecule has 198 valence electrons. The Balaban J connectivity index is 1.50. The van der Waals surface area contributed by atoms with E-state index >= 15 is 0 Å². The Morgan fingerprint density at radius 3 is 2.70 bits per heavy atom. The van der Waals surface area contributed by atoms with Crippen molar-refractivity contribution in [3.63, 3.8) is 0 Å². The van der Waals surface area contributed by atoms with Crippen molar-refractivity contribution in [3.8, 4) is 0 Å². The van der Waals surface area contributed by atoms with Gasteiger partial charge >= 0.3 is 18.2 Å². The van der Waals surface area contributed by atoms with Crippen LogP contribution in [0.2, 0.25) is 0 Å². The van der Waals surface area contributed by atoms with Gasteiger partial charge in [-0.3, -0.25) is 14.5 Å². The largest absolute Gasteiger partial charge is 0.509 e. The fourth-order valence-corrected chi connectivity index (χ4v) is 5.51. The lowest BCUT2D eigenvalue weighted by Crippen LogP contribution is -2.71. The third kappa shape index (κ3) is 5.46. The van der Waals surface area contributed by atoms with Crippen LogP contribution in [0.3, 0.4) is 0 Å². The predicted molar refractivity (Wildman–Crippen MR) is 125 cm³/mol. The zero-order valence-corrected chi connectivity index (χ0v) is 21.0. The van der Waals surface area contributed by atoms with E-state index in [9.17, 15) is 24.0 Å². The maximum atomic E-state index is 13.1.